The number of nitrogens with one attached hydrogen (secondary N) is 1. The van der Waals surface area contributed by atoms with E-state index in [1.54, 1.807) is 0 Å². The summed E-state index contributed by atoms with van der Waals surface area (Å²) >= 11 is 0. The average molecular weight is 258 g/mol. The first kappa shape index (κ1) is 13.1. The molecule has 3 unspecified atom stereocenters. The van der Waals surface area contributed by atoms with Gasteiger partial charge in [0, 0.05) is 25.2 Å². The number of hydrogen-bond donors (Lipinski definition) is 1. The van der Waals surface area contributed by atoms with Crippen LogP contribution >= 0.6 is 0 Å². The molecule has 1 heterocycles. The highest BCUT2D eigenvalue weighted by Crippen LogP contribution is 2.38. The van der Waals surface area contributed by atoms with E-state index in [4.69, 9.17) is 0 Å². The van der Waals surface area contributed by atoms with E-state index in [2.05, 4.69) is 48.5 Å². The normalized spacial score (nSPS) is 27.9. The SMILES string of the molecule is CCc1ccc(C(CN2CC3CCC2C3)NC)cc1. The van der Waals surface area contributed by atoms with Crippen molar-refractivity contribution in [2.24, 2.45) is 5.92 Å². The molecule has 1 saturated carbocycles. The third kappa shape index (κ3) is 2.70. The van der Waals surface area contributed by atoms with Crippen molar-refractivity contribution < 1.29 is 0 Å². The van der Waals surface area contributed by atoms with Crippen LogP contribution in [0.4, 0.5) is 0 Å². The molecule has 3 rings (SSSR count). The fraction of sp³-hybridized carbons (Fsp3) is 0.647. The van der Waals surface area contributed by atoms with Crippen LogP contribution in [0.1, 0.15) is 43.4 Å². The Morgan fingerprint density at radius 3 is 2.58 bits per heavy atom. The predicted octanol–water partition coefficient (Wildman–Crippen LogP) is 2.99. The number of rotatable bonds is 5. The average Bonchev–Trinajstić information content (AvgIpc) is 3.07. The van der Waals surface area contributed by atoms with Gasteiger partial charge in [-0.15, -0.1) is 0 Å². The number of nitrogens with zero attached hydrogens (tertiary/aromatic N) is 1. The largest absolute Gasteiger partial charge is 0.312 e. The van der Waals surface area contributed by atoms with E-state index in [1.807, 2.05) is 0 Å². The summed E-state index contributed by atoms with van der Waals surface area (Å²) in [6.07, 6.45) is 5.47. The van der Waals surface area contributed by atoms with E-state index in [0.29, 0.717) is 6.04 Å². The Balaban J connectivity index is 1.66. The van der Waals surface area contributed by atoms with Crippen LogP contribution in [0, 0.1) is 5.92 Å². The maximum absolute atomic E-state index is 3.50. The van der Waals surface area contributed by atoms with Gasteiger partial charge in [0.05, 0.1) is 0 Å². The number of fused-ring (bicyclic) bond motifs is 2. The fourth-order valence-electron chi connectivity index (χ4n) is 3.83. The lowest BCUT2D eigenvalue weighted by Crippen LogP contribution is -2.38. The Hall–Kier alpha value is -0.860. The number of hydrogen-bond acceptors (Lipinski definition) is 2. The van der Waals surface area contributed by atoms with Gasteiger partial charge in [-0.05, 0) is 49.8 Å². The Kier molecular flexibility index (Phi) is 3.90. The lowest BCUT2D eigenvalue weighted by Gasteiger charge is -2.31. The molecule has 1 N–H and O–H groups in total. The molecule has 2 fully saturated rings. The minimum Gasteiger partial charge on any atom is -0.312 e. The third-order valence-electron chi connectivity index (χ3n) is 5.08. The molecule has 2 heteroatoms. The van der Waals surface area contributed by atoms with Crippen molar-refractivity contribution in [2.75, 3.05) is 20.1 Å². The van der Waals surface area contributed by atoms with Crippen LogP contribution in [0.5, 0.6) is 0 Å². The summed E-state index contributed by atoms with van der Waals surface area (Å²) in [6, 6.07) is 10.5. The summed E-state index contributed by atoms with van der Waals surface area (Å²) in [6.45, 7) is 4.71. The van der Waals surface area contributed by atoms with Crippen LogP contribution in [0.2, 0.25) is 0 Å². The minimum absolute atomic E-state index is 0.477. The molecule has 0 radical (unpaired) electrons. The standard InChI is InChI=1S/C17H26N2/c1-3-13-4-7-15(8-5-13)17(18-2)12-19-11-14-6-9-16(19)10-14/h4-5,7-8,14,16-18H,3,6,9-12H2,1-2H3. The summed E-state index contributed by atoms with van der Waals surface area (Å²) < 4.78 is 0. The van der Waals surface area contributed by atoms with Gasteiger partial charge in [0.25, 0.3) is 0 Å². The second-order valence-electron chi connectivity index (χ2n) is 6.22. The molecule has 2 nitrogen and oxygen atoms in total. The zero-order valence-electron chi connectivity index (χ0n) is 12.2. The predicted molar refractivity (Wildman–Crippen MR) is 80.3 cm³/mol. The number of benzene rings is 1. The van der Waals surface area contributed by atoms with Gasteiger partial charge in [-0.25, -0.2) is 0 Å². The highest BCUT2D eigenvalue weighted by molar-refractivity contribution is 5.25. The molecule has 104 valence electrons. The first-order valence-corrected chi connectivity index (χ1v) is 7.80. The number of aryl methyl sites for hydroxylation is 1. The summed E-state index contributed by atoms with van der Waals surface area (Å²) in [7, 11) is 2.09. The number of likely N-dealkylation sites (N-methyl/N-ethyl adjacent to an activating group) is 1. The number of likely N-dealkylation sites (tertiary alicyclic amines) is 1. The van der Waals surface area contributed by atoms with E-state index < -0.39 is 0 Å². The molecule has 19 heavy (non-hydrogen) atoms. The monoisotopic (exact) mass is 258 g/mol. The molecular weight excluding hydrogens is 232 g/mol. The van der Waals surface area contributed by atoms with Crippen molar-refractivity contribution in [3.63, 3.8) is 0 Å². The Labute approximate surface area is 117 Å². The van der Waals surface area contributed by atoms with Gasteiger partial charge in [0.1, 0.15) is 0 Å². The van der Waals surface area contributed by atoms with Gasteiger partial charge in [0.2, 0.25) is 0 Å². The topological polar surface area (TPSA) is 15.3 Å². The zero-order valence-corrected chi connectivity index (χ0v) is 12.2. The molecule has 1 saturated heterocycles. The zero-order chi connectivity index (χ0) is 13.2. The molecule has 1 aliphatic heterocycles. The van der Waals surface area contributed by atoms with Crippen LogP contribution < -0.4 is 5.32 Å². The van der Waals surface area contributed by atoms with Crippen LogP contribution in [-0.2, 0) is 6.42 Å². The molecule has 3 atom stereocenters. The lowest BCUT2D eigenvalue weighted by molar-refractivity contribution is 0.194. The Morgan fingerprint density at radius 2 is 2.05 bits per heavy atom. The van der Waals surface area contributed by atoms with Crippen molar-refractivity contribution in [2.45, 2.75) is 44.7 Å². The highest BCUT2D eigenvalue weighted by atomic mass is 15.2. The molecule has 0 aromatic heterocycles. The molecule has 2 bridgehead atoms. The fourth-order valence-corrected chi connectivity index (χ4v) is 3.83. The van der Waals surface area contributed by atoms with Crippen molar-refractivity contribution in [3.8, 4) is 0 Å². The van der Waals surface area contributed by atoms with E-state index in [0.717, 1.165) is 18.4 Å². The highest BCUT2D eigenvalue weighted by Gasteiger charge is 2.38. The van der Waals surface area contributed by atoms with Crippen molar-refractivity contribution in [3.05, 3.63) is 35.4 Å². The van der Waals surface area contributed by atoms with E-state index >= 15 is 0 Å². The van der Waals surface area contributed by atoms with Crippen LogP contribution in [0.15, 0.2) is 24.3 Å². The van der Waals surface area contributed by atoms with Gasteiger partial charge < -0.3 is 5.32 Å². The quantitative estimate of drug-likeness (QED) is 0.873. The molecule has 1 aromatic rings. The summed E-state index contributed by atoms with van der Waals surface area (Å²) in [5.41, 5.74) is 2.86. The summed E-state index contributed by atoms with van der Waals surface area (Å²) in [5, 5.41) is 3.50. The Morgan fingerprint density at radius 1 is 1.26 bits per heavy atom. The van der Waals surface area contributed by atoms with Crippen molar-refractivity contribution >= 4 is 0 Å². The van der Waals surface area contributed by atoms with Crippen LogP contribution in [0.25, 0.3) is 0 Å². The van der Waals surface area contributed by atoms with Gasteiger partial charge in [-0.2, -0.15) is 0 Å². The molecule has 0 amide bonds. The van der Waals surface area contributed by atoms with Crippen LogP contribution in [-0.4, -0.2) is 31.1 Å². The number of piperidine rings is 1. The molecule has 2 aliphatic rings. The molecule has 1 aromatic carbocycles. The molecular formula is C17H26N2. The van der Waals surface area contributed by atoms with Crippen molar-refractivity contribution in [1.29, 1.82) is 0 Å². The van der Waals surface area contributed by atoms with Gasteiger partial charge in [0.15, 0.2) is 0 Å². The summed E-state index contributed by atoms with van der Waals surface area (Å²) in [5.74, 6) is 0.991. The smallest absolute Gasteiger partial charge is 0.0446 e. The Bertz CT molecular complexity index is 412. The second kappa shape index (κ2) is 5.64. The van der Waals surface area contributed by atoms with Gasteiger partial charge in [-0.1, -0.05) is 31.2 Å². The summed E-state index contributed by atoms with van der Waals surface area (Å²) in [4.78, 5) is 2.71. The van der Waals surface area contributed by atoms with Gasteiger partial charge >= 0.3 is 0 Å². The van der Waals surface area contributed by atoms with E-state index in [-0.39, 0.29) is 0 Å². The third-order valence-corrected chi connectivity index (χ3v) is 5.08. The van der Waals surface area contributed by atoms with E-state index in [9.17, 15) is 0 Å². The van der Waals surface area contributed by atoms with E-state index in [1.165, 1.54) is 43.5 Å². The lowest BCUT2D eigenvalue weighted by atomic mass is 10.0. The first-order valence-electron chi connectivity index (χ1n) is 7.80. The van der Waals surface area contributed by atoms with Gasteiger partial charge in [-0.3, -0.25) is 4.90 Å². The second-order valence-corrected chi connectivity index (χ2v) is 6.22. The maximum atomic E-state index is 3.50. The minimum atomic E-state index is 0.477. The molecule has 0 spiro atoms. The van der Waals surface area contributed by atoms with Crippen LogP contribution in [0.3, 0.4) is 0 Å². The first-order chi connectivity index (χ1) is 9.30. The molecule has 1 aliphatic carbocycles. The maximum Gasteiger partial charge on any atom is 0.0446 e. The van der Waals surface area contributed by atoms with Crippen molar-refractivity contribution in [1.82, 2.24) is 10.2 Å².